The highest BCUT2D eigenvalue weighted by molar-refractivity contribution is 5.06. The molecule has 1 aliphatic rings. The van der Waals surface area contributed by atoms with Crippen LogP contribution in [0.5, 0.6) is 0 Å². The zero-order valence-electron chi connectivity index (χ0n) is 8.90. The maximum Gasteiger partial charge on any atom is 0.0137 e. The van der Waals surface area contributed by atoms with Crippen molar-refractivity contribution in [1.29, 1.82) is 0 Å². The van der Waals surface area contributed by atoms with Gasteiger partial charge in [-0.15, -0.1) is 0 Å². The molecule has 2 heteroatoms. The van der Waals surface area contributed by atoms with Crippen molar-refractivity contribution < 1.29 is 0 Å². The zero-order chi connectivity index (χ0) is 9.52. The number of nitrogens with one attached hydrogen (secondary N) is 2. The van der Waals surface area contributed by atoms with Gasteiger partial charge in [-0.1, -0.05) is 18.6 Å². The van der Waals surface area contributed by atoms with Crippen LogP contribution in [-0.4, -0.2) is 25.7 Å². The third-order valence-corrected chi connectivity index (χ3v) is 2.71. The molecule has 1 atom stereocenters. The van der Waals surface area contributed by atoms with Crippen LogP contribution in [0.2, 0.25) is 0 Å². The summed E-state index contributed by atoms with van der Waals surface area (Å²) in [5.41, 5.74) is 1.62. The summed E-state index contributed by atoms with van der Waals surface area (Å²) >= 11 is 0. The summed E-state index contributed by atoms with van der Waals surface area (Å²) < 4.78 is 0. The van der Waals surface area contributed by atoms with Crippen molar-refractivity contribution in [3.8, 4) is 0 Å². The minimum absolute atomic E-state index is 0.669. The van der Waals surface area contributed by atoms with Crippen LogP contribution < -0.4 is 10.6 Å². The topological polar surface area (TPSA) is 24.1 Å². The molecule has 0 aliphatic carbocycles. The Morgan fingerprint density at radius 3 is 3.08 bits per heavy atom. The molecule has 0 aromatic rings. The van der Waals surface area contributed by atoms with Crippen molar-refractivity contribution in [2.75, 3.05) is 19.6 Å². The van der Waals surface area contributed by atoms with E-state index in [4.69, 9.17) is 0 Å². The Balaban J connectivity index is 2.08. The average molecular weight is 182 g/mol. The predicted molar refractivity (Wildman–Crippen MR) is 57.9 cm³/mol. The molecule has 1 aliphatic heterocycles. The van der Waals surface area contributed by atoms with Gasteiger partial charge in [0, 0.05) is 12.6 Å². The van der Waals surface area contributed by atoms with E-state index >= 15 is 0 Å². The fraction of sp³-hybridized carbons (Fsp3) is 0.818. The van der Waals surface area contributed by atoms with Gasteiger partial charge in [-0.25, -0.2) is 0 Å². The van der Waals surface area contributed by atoms with E-state index in [1.54, 1.807) is 5.57 Å². The largest absolute Gasteiger partial charge is 0.314 e. The second-order valence-corrected chi connectivity index (χ2v) is 3.83. The van der Waals surface area contributed by atoms with E-state index in [-0.39, 0.29) is 0 Å². The summed E-state index contributed by atoms with van der Waals surface area (Å²) in [4.78, 5) is 0. The first-order chi connectivity index (χ1) is 6.33. The standard InChI is InChI=1S/C11H22N2/c1-3-10(2)13-9-6-11-4-7-12-8-5-11/h4,10,12-13H,3,5-9H2,1-2H3. The van der Waals surface area contributed by atoms with Gasteiger partial charge in [-0.3, -0.25) is 0 Å². The molecule has 0 aromatic heterocycles. The van der Waals surface area contributed by atoms with Crippen LogP contribution in [0.25, 0.3) is 0 Å². The van der Waals surface area contributed by atoms with E-state index < -0.39 is 0 Å². The van der Waals surface area contributed by atoms with Crippen molar-refractivity contribution >= 4 is 0 Å². The SMILES string of the molecule is CCC(C)NCCC1=CCNCC1. The van der Waals surface area contributed by atoms with Crippen LogP contribution in [0, 0.1) is 0 Å². The quantitative estimate of drug-likeness (QED) is 0.632. The predicted octanol–water partition coefficient (Wildman–Crippen LogP) is 1.68. The van der Waals surface area contributed by atoms with Gasteiger partial charge in [0.2, 0.25) is 0 Å². The van der Waals surface area contributed by atoms with Crippen LogP contribution >= 0.6 is 0 Å². The molecule has 1 unspecified atom stereocenters. The van der Waals surface area contributed by atoms with Crippen LogP contribution in [0.15, 0.2) is 11.6 Å². The highest BCUT2D eigenvalue weighted by Gasteiger charge is 2.03. The molecule has 13 heavy (non-hydrogen) atoms. The minimum Gasteiger partial charge on any atom is -0.314 e. The molecule has 2 nitrogen and oxygen atoms in total. The molecule has 0 saturated heterocycles. The first-order valence-corrected chi connectivity index (χ1v) is 5.45. The maximum absolute atomic E-state index is 3.52. The highest BCUT2D eigenvalue weighted by Crippen LogP contribution is 2.08. The van der Waals surface area contributed by atoms with Gasteiger partial charge in [-0.2, -0.15) is 0 Å². The Kier molecular flexibility index (Phi) is 5.09. The van der Waals surface area contributed by atoms with E-state index in [1.807, 2.05) is 0 Å². The summed E-state index contributed by atoms with van der Waals surface area (Å²) in [5, 5.41) is 6.85. The lowest BCUT2D eigenvalue weighted by atomic mass is 10.1. The van der Waals surface area contributed by atoms with Gasteiger partial charge in [0.15, 0.2) is 0 Å². The van der Waals surface area contributed by atoms with Gasteiger partial charge < -0.3 is 10.6 Å². The second-order valence-electron chi connectivity index (χ2n) is 3.83. The zero-order valence-corrected chi connectivity index (χ0v) is 8.90. The van der Waals surface area contributed by atoms with E-state index in [0.717, 1.165) is 19.6 Å². The van der Waals surface area contributed by atoms with E-state index in [1.165, 1.54) is 19.3 Å². The molecule has 0 saturated carbocycles. The van der Waals surface area contributed by atoms with Crippen molar-refractivity contribution in [1.82, 2.24) is 10.6 Å². The van der Waals surface area contributed by atoms with Gasteiger partial charge in [0.05, 0.1) is 0 Å². The molecule has 0 amide bonds. The molecule has 0 fully saturated rings. The highest BCUT2D eigenvalue weighted by atomic mass is 14.9. The Labute approximate surface area is 81.8 Å². The lowest BCUT2D eigenvalue weighted by Gasteiger charge is -2.16. The van der Waals surface area contributed by atoms with Gasteiger partial charge in [0.25, 0.3) is 0 Å². The second kappa shape index (κ2) is 6.17. The first-order valence-electron chi connectivity index (χ1n) is 5.45. The lowest BCUT2D eigenvalue weighted by molar-refractivity contribution is 0.530. The van der Waals surface area contributed by atoms with Gasteiger partial charge >= 0.3 is 0 Å². The Morgan fingerprint density at radius 2 is 2.46 bits per heavy atom. The first kappa shape index (κ1) is 10.7. The average Bonchev–Trinajstić information content (AvgIpc) is 2.19. The molecule has 76 valence electrons. The molecule has 0 bridgehead atoms. The summed E-state index contributed by atoms with van der Waals surface area (Å²) in [6.07, 6.45) is 6.02. The Morgan fingerprint density at radius 1 is 1.62 bits per heavy atom. The molecule has 2 N–H and O–H groups in total. The smallest absolute Gasteiger partial charge is 0.0137 e. The van der Waals surface area contributed by atoms with E-state index in [2.05, 4.69) is 30.6 Å². The normalized spacial score (nSPS) is 19.7. The van der Waals surface area contributed by atoms with Crippen LogP contribution in [-0.2, 0) is 0 Å². The van der Waals surface area contributed by atoms with Crippen LogP contribution in [0.3, 0.4) is 0 Å². The molecule has 0 aromatic carbocycles. The molecule has 0 spiro atoms. The Hall–Kier alpha value is -0.340. The monoisotopic (exact) mass is 182 g/mol. The Bertz CT molecular complexity index is 163. The third kappa shape index (κ3) is 4.44. The van der Waals surface area contributed by atoms with Gasteiger partial charge in [-0.05, 0) is 39.3 Å². The number of hydrogen-bond acceptors (Lipinski definition) is 2. The summed E-state index contributed by atoms with van der Waals surface area (Å²) in [6, 6.07) is 0.669. The van der Waals surface area contributed by atoms with Crippen molar-refractivity contribution in [2.45, 2.75) is 39.2 Å². The van der Waals surface area contributed by atoms with Crippen molar-refractivity contribution in [3.05, 3.63) is 11.6 Å². The van der Waals surface area contributed by atoms with Crippen molar-refractivity contribution in [2.24, 2.45) is 0 Å². The van der Waals surface area contributed by atoms with Crippen LogP contribution in [0.4, 0.5) is 0 Å². The minimum atomic E-state index is 0.669. The number of rotatable bonds is 5. The van der Waals surface area contributed by atoms with Gasteiger partial charge in [0.1, 0.15) is 0 Å². The third-order valence-electron chi connectivity index (χ3n) is 2.71. The number of hydrogen-bond donors (Lipinski definition) is 2. The fourth-order valence-corrected chi connectivity index (χ4v) is 1.52. The van der Waals surface area contributed by atoms with E-state index in [9.17, 15) is 0 Å². The van der Waals surface area contributed by atoms with Crippen molar-refractivity contribution in [3.63, 3.8) is 0 Å². The molecule has 0 radical (unpaired) electrons. The molecular formula is C11H22N2. The molecule has 1 heterocycles. The lowest BCUT2D eigenvalue weighted by Crippen LogP contribution is -2.27. The fourth-order valence-electron chi connectivity index (χ4n) is 1.52. The summed E-state index contributed by atoms with van der Waals surface area (Å²) in [5.74, 6) is 0. The summed E-state index contributed by atoms with van der Waals surface area (Å²) in [7, 11) is 0. The van der Waals surface area contributed by atoms with E-state index in [0.29, 0.717) is 6.04 Å². The van der Waals surface area contributed by atoms with Crippen LogP contribution in [0.1, 0.15) is 33.1 Å². The molecule has 1 rings (SSSR count). The molecular weight excluding hydrogens is 160 g/mol. The maximum atomic E-state index is 3.52. The summed E-state index contributed by atoms with van der Waals surface area (Å²) in [6.45, 7) is 7.84.